The summed E-state index contributed by atoms with van der Waals surface area (Å²) in [6, 6.07) is 0.00106. The molecule has 0 amide bonds. The lowest BCUT2D eigenvalue weighted by molar-refractivity contribution is 0.118. The van der Waals surface area contributed by atoms with Gasteiger partial charge in [-0.2, -0.15) is 0 Å². The fourth-order valence-corrected chi connectivity index (χ4v) is 1.86. The van der Waals surface area contributed by atoms with E-state index in [1.165, 1.54) is 6.33 Å². The zero-order chi connectivity index (χ0) is 9.97. The molecule has 2 rings (SSSR count). The van der Waals surface area contributed by atoms with E-state index in [9.17, 15) is 0 Å². The molecule has 0 saturated carbocycles. The van der Waals surface area contributed by atoms with E-state index >= 15 is 0 Å². The summed E-state index contributed by atoms with van der Waals surface area (Å²) >= 11 is 0. The smallest absolute Gasteiger partial charge is 0.115 e. The Morgan fingerprint density at radius 1 is 1.50 bits per heavy atom. The lowest BCUT2D eigenvalue weighted by atomic mass is 9.93. The van der Waals surface area contributed by atoms with Crippen LogP contribution in [0.5, 0.6) is 0 Å². The highest BCUT2D eigenvalue weighted by atomic mass is 16.5. The first-order valence-electron chi connectivity index (χ1n) is 4.89. The molecule has 2 heterocycles. The van der Waals surface area contributed by atoms with Gasteiger partial charge in [-0.15, -0.1) is 0 Å². The van der Waals surface area contributed by atoms with E-state index in [1.807, 2.05) is 0 Å². The zero-order valence-electron chi connectivity index (χ0n) is 8.26. The van der Waals surface area contributed by atoms with E-state index < -0.39 is 0 Å². The molecule has 1 aromatic rings. The molecule has 1 aliphatic rings. The van der Waals surface area contributed by atoms with Crippen molar-refractivity contribution in [3.63, 3.8) is 0 Å². The number of rotatable bonds is 2. The third-order valence-electron chi connectivity index (χ3n) is 2.70. The molecule has 2 N–H and O–H groups in total. The normalized spacial score (nSPS) is 29.0. The minimum Gasteiger partial charge on any atom is -0.378 e. The molecule has 1 aliphatic heterocycles. The maximum atomic E-state index is 6.10. The quantitative estimate of drug-likeness (QED) is 0.758. The molecule has 0 radical (unpaired) electrons. The van der Waals surface area contributed by atoms with Crippen LogP contribution in [0.4, 0.5) is 0 Å². The maximum Gasteiger partial charge on any atom is 0.115 e. The summed E-state index contributed by atoms with van der Waals surface area (Å²) in [6.45, 7) is 2.82. The second kappa shape index (κ2) is 4.02. The topological polar surface area (TPSA) is 61.0 Å². The lowest BCUT2D eigenvalue weighted by Crippen LogP contribution is -2.22. The van der Waals surface area contributed by atoms with Gasteiger partial charge in [0.25, 0.3) is 0 Å². The van der Waals surface area contributed by atoms with Crippen molar-refractivity contribution in [2.24, 2.45) is 11.7 Å². The Hall–Kier alpha value is -1.00. The number of aromatic nitrogens is 2. The number of hydrogen-bond donors (Lipinski definition) is 1. The van der Waals surface area contributed by atoms with Crippen LogP contribution >= 0.6 is 0 Å². The Balaban J connectivity index is 2.05. The van der Waals surface area contributed by atoms with Crippen molar-refractivity contribution < 1.29 is 4.74 Å². The van der Waals surface area contributed by atoms with Crippen molar-refractivity contribution in [3.05, 3.63) is 24.3 Å². The van der Waals surface area contributed by atoms with Crippen molar-refractivity contribution in [3.8, 4) is 0 Å². The van der Waals surface area contributed by atoms with Gasteiger partial charge in [-0.3, -0.25) is 0 Å². The van der Waals surface area contributed by atoms with Crippen LogP contribution in [0.3, 0.4) is 0 Å². The number of nitrogens with two attached hydrogens (primary N) is 1. The molecular formula is C10H15N3O. The third-order valence-corrected chi connectivity index (χ3v) is 2.70. The van der Waals surface area contributed by atoms with Gasteiger partial charge in [-0.05, 0) is 13.3 Å². The molecule has 3 atom stereocenters. The molecule has 1 saturated heterocycles. The van der Waals surface area contributed by atoms with E-state index in [1.54, 1.807) is 12.4 Å². The van der Waals surface area contributed by atoms with Gasteiger partial charge >= 0.3 is 0 Å². The molecule has 0 aliphatic carbocycles. The van der Waals surface area contributed by atoms with Gasteiger partial charge in [-0.1, -0.05) is 0 Å². The van der Waals surface area contributed by atoms with Gasteiger partial charge in [0.05, 0.1) is 12.7 Å². The maximum absolute atomic E-state index is 6.10. The molecule has 1 fully saturated rings. The van der Waals surface area contributed by atoms with E-state index in [4.69, 9.17) is 10.5 Å². The second-order valence-corrected chi connectivity index (χ2v) is 3.84. The summed E-state index contributed by atoms with van der Waals surface area (Å²) in [7, 11) is 0. The Morgan fingerprint density at radius 3 is 2.79 bits per heavy atom. The Morgan fingerprint density at radius 2 is 2.21 bits per heavy atom. The first-order valence-corrected chi connectivity index (χ1v) is 4.89. The molecule has 4 nitrogen and oxygen atoms in total. The summed E-state index contributed by atoms with van der Waals surface area (Å²) in [6.07, 6.45) is 6.43. The molecular weight excluding hydrogens is 178 g/mol. The average Bonchev–Trinajstić information content (AvgIpc) is 2.65. The van der Waals surface area contributed by atoms with E-state index in [-0.39, 0.29) is 6.04 Å². The van der Waals surface area contributed by atoms with Crippen molar-refractivity contribution in [2.75, 3.05) is 6.61 Å². The predicted molar refractivity (Wildman–Crippen MR) is 52.5 cm³/mol. The van der Waals surface area contributed by atoms with Crippen molar-refractivity contribution in [1.82, 2.24) is 9.97 Å². The first-order chi connectivity index (χ1) is 6.77. The van der Waals surface area contributed by atoms with Crippen molar-refractivity contribution in [2.45, 2.75) is 25.5 Å². The van der Waals surface area contributed by atoms with Crippen molar-refractivity contribution in [1.29, 1.82) is 0 Å². The Labute approximate surface area is 83.5 Å². The SMILES string of the molecule is CC1CC(C(N)c2cncnc2)CO1. The molecule has 0 bridgehead atoms. The summed E-state index contributed by atoms with van der Waals surface area (Å²) in [5, 5.41) is 0. The van der Waals surface area contributed by atoms with Crippen LogP contribution < -0.4 is 5.73 Å². The summed E-state index contributed by atoms with van der Waals surface area (Å²) in [5.74, 6) is 0.399. The highest BCUT2D eigenvalue weighted by molar-refractivity contribution is 5.10. The van der Waals surface area contributed by atoms with Gasteiger partial charge in [0.1, 0.15) is 6.33 Å². The Kier molecular flexibility index (Phi) is 2.74. The van der Waals surface area contributed by atoms with Crippen molar-refractivity contribution >= 4 is 0 Å². The van der Waals surface area contributed by atoms with Crippen LogP contribution in [0.15, 0.2) is 18.7 Å². The van der Waals surface area contributed by atoms with Gasteiger partial charge in [-0.25, -0.2) is 9.97 Å². The van der Waals surface area contributed by atoms with Crippen LogP contribution in [-0.4, -0.2) is 22.7 Å². The molecule has 3 unspecified atom stereocenters. The van der Waals surface area contributed by atoms with Crippen LogP contribution in [0.1, 0.15) is 24.9 Å². The molecule has 14 heavy (non-hydrogen) atoms. The predicted octanol–water partition coefficient (Wildman–Crippen LogP) is 0.901. The molecule has 0 spiro atoms. The van der Waals surface area contributed by atoms with Crippen LogP contribution in [0.25, 0.3) is 0 Å². The molecule has 1 aromatic heterocycles. The zero-order valence-corrected chi connectivity index (χ0v) is 8.26. The largest absolute Gasteiger partial charge is 0.378 e. The molecule has 4 heteroatoms. The lowest BCUT2D eigenvalue weighted by Gasteiger charge is -2.16. The molecule has 76 valence electrons. The van der Waals surface area contributed by atoms with Crippen LogP contribution in [-0.2, 0) is 4.74 Å². The third kappa shape index (κ3) is 1.91. The average molecular weight is 193 g/mol. The van der Waals surface area contributed by atoms with Gasteiger partial charge in [0.2, 0.25) is 0 Å². The number of ether oxygens (including phenoxy) is 1. The summed E-state index contributed by atoms with van der Waals surface area (Å²) in [4.78, 5) is 7.93. The summed E-state index contributed by atoms with van der Waals surface area (Å²) < 4.78 is 5.49. The van der Waals surface area contributed by atoms with Gasteiger partial charge < -0.3 is 10.5 Å². The minimum absolute atomic E-state index is 0.00106. The highest BCUT2D eigenvalue weighted by Gasteiger charge is 2.28. The fraction of sp³-hybridized carbons (Fsp3) is 0.600. The number of hydrogen-bond acceptors (Lipinski definition) is 4. The van der Waals surface area contributed by atoms with E-state index in [0.29, 0.717) is 12.0 Å². The number of nitrogens with zero attached hydrogens (tertiary/aromatic N) is 2. The Bertz CT molecular complexity index is 291. The van der Waals surface area contributed by atoms with Crippen LogP contribution in [0, 0.1) is 5.92 Å². The molecule has 0 aromatic carbocycles. The monoisotopic (exact) mass is 193 g/mol. The van der Waals surface area contributed by atoms with E-state index in [2.05, 4.69) is 16.9 Å². The van der Waals surface area contributed by atoms with Gasteiger partial charge in [0.15, 0.2) is 0 Å². The second-order valence-electron chi connectivity index (χ2n) is 3.84. The standard InChI is InChI=1S/C10H15N3O/c1-7-2-8(5-14-7)10(11)9-3-12-6-13-4-9/h3-4,6-8,10H,2,5,11H2,1H3. The summed E-state index contributed by atoms with van der Waals surface area (Å²) in [5.41, 5.74) is 7.10. The minimum atomic E-state index is 0.00106. The fourth-order valence-electron chi connectivity index (χ4n) is 1.86. The van der Waals surface area contributed by atoms with Gasteiger partial charge in [0, 0.05) is 29.9 Å². The highest BCUT2D eigenvalue weighted by Crippen LogP contribution is 2.28. The van der Waals surface area contributed by atoms with Crippen LogP contribution in [0.2, 0.25) is 0 Å². The van der Waals surface area contributed by atoms with E-state index in [0.717, 1.165) is 18.6 Å². The first kappa shape index (κ1) is 9.55.